The average molecular weight is 247 g/mol. The summed E-state index contributed by atoms with van der Waals surface area (Å²) in [7, 11) is 0. The lowest BCUT2D eigenvalue weighted by molar-refractivity contribution is -0.125. The van der Waals surface area contributed by atoms with Gasteiger partial charge in [0, 0.05) is 12.1 Å². The van der Waals surface area contributed by atoms with E-state index in [2.05, 4.69) is 5.32 Å². The third-order valence-electron chi connectivity index (χ3n) is 3.70. The number of hydrogen-bond acceptors (Lipinski definition) is 2. The Morgan fingerprint density at radius 1 is 1.33 bits per heavy atom. The van der Waals surface area contributed by atoms with Gasteiger partial charge in [-0.3, -0.25) is 4.79 Å². The van der Waals surface area contributed by atoms with E-state index in [1.165, 1.54) is 0 Å². The minimum Gasteiger partial charge on any atom is -0.396 e. The summed E-state index contributed by atoms with van der Waals surface area (Å²) in [4.78, 5) is 12.4. The van der Waals surface area contributed by atoms with Crippen LogP contribution < -0.4 is 5.32 Å². The van der Waals surface area contributed by atoms with Crippen LogP contribution in [-0.2, 0) is 10.2 Å². The molecule has 1 amide bonds. The summed E-state index contributed by atoms with van der Waals surface area (Å²) in [5.41, 5.74) is 0.423. The number of amides is 1. The van der Waals surface area contributed by atoms with Crippen LogP contribution in [0.4, 0.5) is 0 Å². The van der Waals surface area contributed by atoms with Gasteiger partial charge in [0.15, 0.2) is 0 Å². The van der Waals surface area contributed by atoms with Crippen LogP contribution in [-0.4, -0.2) is 23.2 Å². The molecule has 0 bridgehead atoms. The zero-order valence-corrected chi connectivity index (χ0v) is 11.1. The second-order valence-corrected chi connectivity index (χ2v) is 5.76. The largest absolute Gasteiger partial charge is 0.396 e. The maximum atomic E-state index is 12.4. The molecule has 0 aromatic heterocycles. The van der Waals surface area contributed by atoms with Gasteiger partial charge in [0.2, 0.25) is 5.91 Å². The number of carbonyl (C=O) groups is 1. The van der Waals surface area contributed by atoms with Gasteiger partial charge in [-0.1, -0.05) is 30.3 Å². The van der Waals surface area contributed by atoms with E-state index in [-0.39, 0.29) is 23.5 Å². The number of aliphatic hydroxyl groups excluding tert-OH is 1. The molecule has 1 aromatic rings. The summed E-state index contributed by atoms with van der Waals surface area (Å²) >= 11 is 0. The number of nitrogens with one attached hydrogen (secondary N) is 1. The fraction of sp³-hybridized carbons (Fsp3) is 0.533. The zero-order chi connectivity index (χ0) is 13.2. The van der Waals surface area contributed by atoms with Gasteiger partial charge in [-0.15, -0.1) is 0 Å². The fourth-order valence-electron chi connectivity index (χ4n) is 2.30. The SMILES string of the molecule is CC(C)(CCO)NC(=O)C1(c2ccccc2)CC1. The summed E-state index contributed by atoms with van der Waals surface area (Å²) in [5, 5.41) is 12.1. The van der Waals surface area contributed by atoms with Crippen LogP contribution in [0.25, 0.3) is 0 Å². The Bertz CT molecular complexity index is 421. The molecule has 1 aliphatic carbocycles. The Kier molecular flexibility index (Phi) is 3.44. The van der Waals surface area contributed by atoms with Crippen molar-refractivity contribution in [3.8, 4) is 0 Å². The molecule has 0 heterocycles. The first-order chi connectivity index (χ1) is 8.50. The summed E-state index contributed by atoms with van der Waals surface area (Å²) in [5.74, 6) is 0.0900. The molecule has 0 spiro atoms. The Balaban J connectivity index is 2.10. The zero-order valence-electron chi connectivity index (χ0n) is 11.1. The van der Waals surface area contributed by atoms with Crippen molar-refractivity contribution in [3.05, 3.63) is 35.9 Å². The van der Waals surface area contributed by atoms with Crippen molar-refractivity contribution in [2.75, 3.05) is 6.61 Å². The highest BCUT2D eigenvalue weighted by atomic mass is 16.3. The van der Waals surface area contributed by atoms with Gasteiger partial charge in [0.1, 0.15) is 0 Å². The van der Waals surface area contributed by atoms with Crippen LogP contribution in [0, 0.1) is 0 Å². The molecule has 1 fully saturated rings. The number of benzene rings is 1. The van der Waals surface area contributed by atoms with Gasteiger partial charge in [-0.2, -0.15) is 0 Å². The van der Waals surface area contributed by atoms with Crippen LogP contribution in [0.1, 0.15) is 38.7 Å². The third kappa shape index (κ3) is 2.56. The van der Waals surface area contributed by atoms with Crippen molar-refractivity contribution >= 4 is 5.91 Å². The summed E-state index contributed by atoms with van der Waals surface area (Å²) in [6.45, 7) is 3.98. The molecule has 98 valence electrons. The number of rotatable bonds is 5. The van der Waals surface area contributed by atoms with Crippen LogP contribution in [0.5, 0.6) is 0 Å². The van der Waals surface area contributed by atoms with E-state index in [0.717, 1.165) is 18.4 Å². The van der Waals surface area contributed by atoms with Crippen molar-refractivity contribution in [2.45, 2.75) is 44.1 Å². The maximum absolute atomic E-state index is 12.4. The lowest BCUT2D eigenvalue weighted by Gasteiger charge is -2.28. The highest BCUT2D eigenvalue weighted by Gasteiger charge is 2.51. The minimum atomic E-state index is -0.351. The molecule has 3 nitrogen and oxygen atoms in total. The van der Waals surface area contributed by atoms with Gasteiger partial charge in [-0.05, 0) is 38.7 Å². The molecule has 0 unspecified atom stereocenters. The monoisotopic (exact) mass is 247 g/mol. The standard InChI is InChI=1S/C15H21NO2/c1-14(2,10-11-17)16-13(18)15(8-9-15)12-6-4-3-5-7-12/h3-7,17H,8-11H2,1-2H3,(H,16,18). The molecule has 1 aromatic carbocycles. The van der Waals surface area contributed by atoms with Crippen molar-refractivity contribution in [2.24, 2.45) is 0 Å². The molecule has 0 atom stereocenters. The van der Waals surface area contributed by atoms with E-state index in [4.69, 9.17) is 5.11 Å². The Hall–Kier alpha value is -1.35. The van der Waals surface area contributed by atoms with Crippen LogP contribution in [0.2, 0.25) is 0 Å². The number of aliphatic hydroxyl groups is 1. The molecule has 0 radical (unpaired) electrons. The van der Waals surface area contributed by atoms with Crippen molar-refractivity contribution in [1.82, 2.24) is 5.32 Å². The predicted molar refractivity (Wildman–Crippen MR) is 71.3 cm³/mol. The van der Waals surface area contributed by atoms with E-state index < -0.39 is 0 Å². The van der Waals surface area contributed by atoms with Crippen molar-refractivity contribution in [3.63, 3.8) is 0 Å². The smallest absolute Gasteiger partial charge is 0.231 e. The lowest BCUT2D eigenvalue weighted by Crippen LogP contribution is -2.48. The number of hydrogen-bond donors (Lipinski definition) is 2. The molecule has 2 rings (SSSR count). The first-order valence-corrected chi connectivity index (χ1v) is 6.49. The van der Waals surface area contributed by atoms with Gasteiger partial charge in [0.05, 0.1) is 5.41 Å². The molecule has 3 heteroatoms. The van der Waals surface area contributed by atoms with Crippen LogP contribution >= 0.6 is 0 Å². The second kappa shape index (κ2) is 4.73. The Morgan fingerprint density at radius 3 is 2.44 bits per heavy atom. The van der Waals surface area contributed by atoms with Crippen LogP contribution in [0.3, 0.4) is 0 Å². The molecule has 2 N–H and O–H groups in total. The maximum Gasteiger partial charge on any atom is 0.231 e. The first-order valence-electron chi connectivity index (χ1n) is 6.49. The summed E-state index contributed by atoms with van der Waals surface area (Å²) < 4.78 is 0. The van der Waals surface area contributed by atoms with Gasteiger partial charge < -0.3 is 10.4 Å². The van der Waals surface area contributed by atoms with E-state index in [0.29, 0.717) is 6.42 Å². The third-order valence-corrected chi connectivity index (χ3v) is 3.70. The summed E-state index contributed by atoms with van der Waals surface area (Å²) in [6.07, 6.45) is 2.40. The van der Waals surface area contributed by atoms with Crippen molar-refractivity contribution in [1.29, 1.82) is 0 Å². The van der Waals surface area contributed by atoms with Gasteiger partial charge >= 0.3 is 0 Å². The Labute approximate surface area is 108 Å². The molecular formula is C15H21NO2. The van der Waals surface area contributed by atoms with E-state index in [9.17, 15) is 4.79 Å². The highest BCUT2D eigenvalue weighted by molar-refractivity contribution is 5.91. The normalized spacial score (nSPS) is 17.3. The average Bonchev–Trinajstić information content (AvgIpc) is 3.10. The predicted octanol–water partition coefficient (Wildman–Crippen LogP) is 2.00. The van der Waals surface area contributed by atoms with E-state index in [1.54, 1.807) is 0 Å². The van der Waals surface area contributed by atoms with Crippen LogP contribution in [0.15, 0.2) is 30.3 Å². The quantitative estimate of drug-likeness (QED) is 0.836. The molecule has 1 saturated carbocycles. The minimum absolute atomic E-state index is 0.0889. The molecule has 18 heavy (non-hydrogen) atoms. The van der Waals surface area contributed by atoms with Gasteiger partial charge in [-0.25, -0.2) is 0 Å². The topological polar surface area (TPSA) is 49.3 Å². The molecular weight excluding hydrogens is 226 g/mol. The molecule has 0 aliphatic heterocycles. The first kappa shape index (κ1) is 13.1. The molecule has 0 saturated heterocycles. The van der Waals surface area contributed by atoms with E-state index in [1.807, 2.05) is 44.2 Å². The highest BCUT2D eigenvalue weighted by Crippen LogP contribution is 2.48. The van der Waals surface area contributed by atoms with Gasteiger partial charge in [0.25, 0.3) is 0 Å². The summed E-state index contributed by atoms with van der Waals surface area (Å²) in [6, 6.07) is 9.95. The second-order valence-electron chi connectivity index (χ2n) is 5.76. The lowest BCUT2D eigenvalue weighted by atomic mass is 9.92. The van der Waals surface area contributed by atoms with Crippen molar-refractivity contribution < 1.29 is 9.90 Å². The van der Waals surface area contributed by atoms with E-state index >= 15 is 0 Å². The number of carbonyl (C=O) groups excluding carboxylic acids is 1. The Morgan fingerprint density at radius 2 is 1.94 bits per heavy atom. The fourth-order valence-corrected chi connectivity index (χ4v) is 2.30. The molecule has 1 aliphatic rings.